The molecule has 0 saturated carbocycles. The van der Waals surface area contributed by atoms with Crippen molar-refractivity contribution in [2.75, 3.05) is 0 Å². The van der Waals surface area contributed by atoms with Crippen LogP contribution in [-0.4, -0.2) is 19.5 Å². The summed E-state index contributed by atoms with van der Waals surface area (Å²) in [4.78, 5) is 15.0. The fourth-order valence-electron chi connectivity index (χ4n) is 9.77. The molecule has 0 aliphatic rings. The highest BCUT2D eigenvalue weighted by Gasteiger charge is 2.31. The van der Waals surface area contributed by atoms with Crippen molar-refractivity contribution in [3.8, 4) is 73.2 Å². The highest BCUT2D eigenvalue weighted by Crippen LogP contribution is 2.43. The number of benzene rings is 8. The van der Waals surface area contributed by atoms with E-state index in [2.05, 4.69) is 107 Å². The van der Waals surface area contributed by atoms with Gasteiger partial charge >= 0.3 is 6.18 Å². The second kappa shape index (κ2) is 19.9. The van der Waals surface area contributed by atoms with Gasteiger partial charge in [0.15, 0.2) is 17.5 Å². The highest BCUT2D eigenvalue weighted by molar-refractivity contribution is 6.12. The Balaban J connectivity index is 0.00000156. The second-order valence-corrected chi connectivity index (χ2v) is 17.2. The molecule has 0 fully saturated rings. The van der Waals surface area contributed by atoms with Crippen molar-refractivity contribution in [1.29, 1.82) is 0 Å². The van der Waals surface area contributed by atoms with Gasteiger partial charge in [-0.25, -0.2) is 15.0 Å². The smallest absolute Gasteiger partial charge is 0.309 e. The molecule has 0 atom stereocenters. The van der Waals surface area contributed by atoms with Gasteiger partial charge in [0, 0.05) is 33.0 Å². The van der Waals surface area contributed by atoms with Crippen molar-refractivity contribution in [3.63, 3.8) is 0 Å². The molecule has 10 rings (SSSR count). The molecule has 8 aromatic carbocycles. The zero-order valence-electron chi connectivity index (χ0n) is 41.0. The van der Waals surface area contributed by atoms with Gasteiger partial charge in [0.25, 0.3) is 0 Å². The molecule has 0 saturated heterocycles. The average molecular weight is 915 g/mol. The summed E-state index contributed by atoms with van der Waals surface area (Å²) < 4.78 is 45.4. The van der Waals surface area contributed by atoms with Gasteiger partial charge in [-0.2, -0.15) is 13.2 Å². The number of nitrogens with zero attached hydrogens (tertiary/aromatic N) is 4. The number of hydrogen-bond acceptors (Lipinski definition) is 3. The van der Waals surface area contributed by atoms with E-state index in [-0.39, 0.29) is 0 Å². The highest BCUT2D eigenvalue weighted by atomic mass is 19.4. The molecule has 0 amide bonds. The first-order chi connectivity index (χ1) is 33.3. The van der Waals surface area contributed by atoms with Gasteiger partial charge in [-0.05, 0) is 134 Å². The molecule has 0 radical (unpaired) electrons. The number of rotatable bonds is 7. The van der Waals surface area contributed by atoms with Crippen molar-refractivity contribution in [1.82, 2.24) is 19.5 Å². The Hall–Kier alpha value is -7.64. The van der Waals surface area contributed by atoms with Gasteiger partial charge in [-0.15, -0.1) is 0 Å². The number of aromatic nitrogens is 4. The molecule has 2 aromatic heterocycles. The minimum Gasteiger partial charge on any atom is -0.309 e. The van der Waals surface area contributed by atoms with Crippen LogP contribution in [0.3, 0.4) is 0 Å². The van der Waals surface area contributed by atoms with Gasteiger partial charge in [0.2, 0.25) is 0 Å². The molecular formula is C62H57F3N4. The van der Waals surface area contributed by atoms with E-state index < -0.39 is 11.7 Å². The lowest BCUT2D eigenvalue weighted by Gasteiger charge is -2.18. The van der Waals surface area contributed by atoms with E-state index in [1.165, 1.54) is 56.6 Å². The molecule has 0 aliphatic carbocycles. The summed E-state index contributed by atoms with van der Waals surface area (Å²) in [5.74, 6) is 1.46. The van der Waals surface area contributed by atoms with Crippen LogP contribution in [0, 0.1) is 41.5 Å². The third-order valence-corrected chi connectivity index (χ3v) is 12.4. The minimum atomic E-state index is -4.53. The zero-order valence-corrected chi connectivity index (χ0v) is 41.0. The van der Waals surface area contributed by atoms with E-state index >= 15 is 0 Å². The van der Waals surface area contributed by atoms with Crippen molar-refractivity contribution in [2.24, 2.45) is 0 Å². The molecule has 346 valence electrons. The summed E-state index contributed by atoms with van der Waals surface area (Å²) in [5, 5.41) is 2.05. The molecule has 7 heteroatoms. The molecule has 0 N–H and O–H groups in total. The quantitative estimate of drug-likeness (QED) is 0.160. The van der Waals surface area contributed by atoms with Crippen LogP contribution < -0.4 is 0 Å². The lowest BCUT2D eigenvalue weighted by atomic mass is 9.91. The van der Waals surface area contributed by atoms with Crippen LogP contribution in [0.15, 0.2) is 164 Å². The Morgan fingerprint density at radius 2 is 0.783 bits per heavy atom. The molecule has 69 heavy (non-hydrogen) atoms. The fourth-order valence-corrected chi connectivity index (χ4v) is 9.77. The lowest BCUT2D eigenvalue weighted by molar-refractivity contribution is -0.137. The Morgan fingerprint density at radius 1 is 0.377 bits per heavy atom. The van der Waals surface area contributed by atoms with Crippen molar-refractivity contribution < 1.29 is 13.2 Å². The van der Waals surface area contributed by atoms with Gasteiger partial charge < -0.3 is 4.57 Å². The standard InChI is InChI=1S/C58H45F3N4.2C2H6/c1-34-26-36(3)53(37(4)27-34)43-21-24-50-48(31-43)49-32-44(54-38(5)28-35(2)29-39(54)6)22-25-51(49)65(50)52-33-45(20-23-47(52)42-18-13-19-46(30-42)58(59,60)61)57-63-55(40-14-9-7-10-15-40)62-56(64-57)41-16-11-8-12-17-41;2*1-2/h7-33H,1-6H3;2*1-2H3. The largest absolute Gasteiger partial charge is 0.416 e. The first-order valence-corrected chi connectivity index (χ1v) is 23.7. The van der Waals surface area contributed by atoms with Gasteiger partial charge in [0.05, 0.1) is 22.3 Å². The topological polar surface area (TPSA) is 43.6 Å². The molecule has 0 bridgehead atoms. The summed E-state index contributed by atoms with van der Waals surface area (Å²) in [6.45, 7) is 20.9. The fraction of sp³-hybridized carbons (Fsp3) is 0.177. The van der Waals surface area contributed by atoms with Crippen LogP contribution in [-0.2, 0) is 6.18 Å². The van der Waals surface area contributed by atoms with Crippen molar-refractivity contribution in [2.45, 2.75) is 75.4 Å². The van der Waals surface area contributed by atoms with Crippen LogP contribution in [0.1, 0.15) is 66.6 Å². The SMILES string of the molecule is CC.CC.Cc1cc(C)c(-c2ccc3c(c2)c2cc(-c4c(C)cc(C)cc4C)ccc2n3-c2cc(-c3nc(-c4ccccc4)nc(-c4ccccc4)n3)ccc2-c2cccc(C(F)(F)F)c2)c(C)c1. The monoisotopic (exact) mass is 914 g/mol. The predicted molar refractivity (Wildman–Crippen MR) is 283 cm³/mol. The van der Waals surface area contributed by atoms with Crippen molar-refractivity contribution in [3.05, 3.63) is 203 Å². The van der Waals surface area contributed by atoms with E-state index in [1.807, 2.05) is 107 Å². The molecule has 0 unspecified atom stereocenters. The summed E-state index contributed by atoms with van der Waals surface area (Å²) in [6, 6.07) is 53.0. The third-order valence-electron chi connectivity index (χ3n) is 12.4. The normalized spacial score (nSPS) is 11.3. The number of halogens is 3. The average Bonchev–Trinajstić information content (AvgIpc) is 3.67. The van der Waals surface area contributed by atoms with Crippen LogP contribution in [0.5, 0.6) is 0 Å². The van der Waals surface area contributed by atoms with Crippen LogP contribution in [0.4, 0.5) is 13.2 Å². The van der Waals surface area contributed by atoms with Crippen LogP contribution in [0.2, 0.25) is 0 Å². The Bertz CT molecular complexity index is 3260. The van der Waals surface area contributed by atoms with E-state index in [4.69, 9.17) is 15.0 Å². The first-order valence-electron chi connectivity index (χ1n) is 23.7. The zero-order chi connectivity index (χ0) is 49.1. The molecule has 2 heterocycles. The molecule has 10 aromatic rings. The Morgan fingerprint density at radius 3 is 1.22 bits per heavy atom. The molecule has 0 aliphatic heterocycles. The van der Waals surface area contributed by atoms with E-state index in [9.17, 15) is 13.2 Å². The maximum absolute atomic E-state index is 14.4. The molecule has 4 nitrogen and oxygen atoms in total. The molecular weight excluding hydrogens is 858 g/mol. The lowest BCUT2D eigenvalue weighted by Crippen LogP contribution is -2.05. The van der Waals surface area contributed by atoms with Crippen LogP contribution >= 0.6 is 0 Å². The first kappa shape index (κ1) is 47.8. The third kappa shape index (κ3) is 9.47. The van der Waals surface area contributed by atoms with E-state index in [1.54, 1.807) is 6.07 Å². The predicted octanol–water partition coefficient (Wildman–Crippen LogP) is 17.9. The maximum Gasteiger partial charge on any atom is 0.416 e. The van der Waals surface area contributed by atoms with Crippen LogP contribution in [0.25, 0.3) is 95.0 Å². The summed E-state index contributed by atoms with van der Waals surface area (Å²) in [7, 11) is 0. The van der Waals surface area contributed by atoms with E-state index in [0.717, 1.165) is 50.1 Å². The second-order valence-electron chi connectivity index (χ2n) is 17.2. The van der Waals surface area contributed by atoms with Gasteiger partial charge in [-0.1, -0.05) is 160 Å². The summed E-state index contributed by atoms with van der Waals surface area (Å²) in [5.41, 5.74) is 17.0. The number of alkyl halides is 3. The number of aryl methyl sites for hydroxylation is 6. The van der Waals surface area contributed by atoms with E-state index in [0.29, 0.717) is 39.9 Å². The minimum absolute atomic E-state index is 0.437. The number of hydrogen-bond donors (Lipinski definition) is 0. The summed E-state index contributed by atoms with van der Waals surface area (Å²) in [6.07, 6.45) is -4.53. The maximum atomic E-state index is 14.4. The van der Waals surface area contributed by atoms with Gasteiger partial charge in [0.1, 0.15) is 0 Å². The number of fused-ring (bicyclic) bond motifs is 3. The van der Waals surface area contributed by atoms with Crippen molar-refractivity contribution >= 4 is 21.8 Å². The molecule has 0 spiro atoms. The Kier molecular flexibility index (Phi) is 13.8. The van der Waals surface area contributed by atoms with Gasteiger partial charge in [-0.3, -0.25) is 0 Å². The Labute approximate surface area is 404 Å². The summed E-state index contributed by atoms with van der Waals surface area (Å²) >= 11 is 0.